The fourth-order valence-corrected chi connectivity index (χ4v) is 2.57. The van der Waals surface area contributed by atoms with Crippen molar-refractivity contribution in [2.75, 3.05) is 47.4 Å². The van der Waals surface area contributed by atoms with E-state index in [9.17, 15) is 4.79 Å². The highest BCUT2D eigenvalue weighted by Crippen LogP contribution is 2.27. The topological polar surface area (TPSA) is 66.4 Å². The first kappa shape index (κ1) is 25.3. The molecule has 0 aliphatic heterocycles. The number of nitrogens with one attached hydrogen (secondary N) is 1. The Morgan fingerprint density at radius 2 is 1.74 bits per heavy atom. The van der Waals surface area contributed by atoms with Crippen molar-refractivity contribution in [2.45, 2.75) is 27.3 Å². The number of likely N-dealkylation sites (N-methyl/N-ethyl adjacent to an activating group) is 2. The van der Waals surface area contributed by atoms with Gasteiger partial charge in [-0.3, -0.25) is 4.79 Å². The van der Waals surface area contributed by atoms with Crippen molar-refractivity contribution in [3.8, 4) is 11.5 Å². The largest absolute Gasteiger partial charge is 0.493 e. The average Bonchev–Trinajstić information content (AvgIpc) is 2.65. The van der Waals surface area contributed by atoms with E-state index in [1.807, 2.05) is 55.8 Å². The normalized spacial score (nSPS) is 10.7. The Labute approximate surface area is 180 Å². The summed E-state index contributed by atoms with van der Waals surface area (Å²) in [5.41, 5.74) is 1.00. The highest BCUT2D eigenvalue weighted by atomic mass is 127. The lowest BCUT2D eigenvalue weighted by Crippen LogP contribution is -2.45. The summed E-state index contributed by atoms with van der Waals surface area (Å²) in [4.78, 5) is 20.6. The minimum atomic E-state index is 0. The molecule has 1 amide bonds. The van der Waals surface area contributed by atoms with Crippen LogP contribution >= 0.6 is 24.0 Å². The number of rotatable bonds is 9. The SMILES string of the molecule is CCNC(=NCc1ccc(OC)c(OC)c1)N(C)CC(=O)N(CC)CC.I. The first-order valence-electron chi connectivity index (χ1n) is 8.98. The summed E-state index contributed by atoms with van der Waals surface area (Å²) in [5.74, 6) is 2.15. The van der Waals surface area contributed by atoms with Crippen molar-refractivity contribution in [3.05, 3.63) is 23.8 Å². The zero-order chi connectivity index (χ0) is 19.5. The highest BCUT2D eigenvalue weighted by Gasteiger charge is 2.15. The molecule has 0 radical (unpaired) electrons. The van der Waals surface area contributed by atoms with Crippen LogP contribution in [0.2, 0.25) is 0 Å². The lowest BCUT2D eigenvalue weighted by molar-refractivity contribution is -0.131. The standard InChI is InChI=1S/C19H32N4O3.HI/c1-7-20-19(22(4)14-18(24)23(8-2)9-3)21-13-15-10-11-16(25-5)17(12-15)26-6;/h10-12H,7-9,13-14H2,1-6H3,(H,20,21);1H. The highest BCUT2D eigenvalue weighted by molar-refractivity contribution is 14.0. The van der Waals surface area contributed by atoms with Gasteiger partial charge in [0.2, 0.25) is 5.91 Å². The number of benzene rings is 1. The predicted molar refractivity (Wildman–Crippen MR) is 120 cm³/mol. The van der Waals surface area contributed by atoms with Gasteiger partial charge in [0.05, 0.1) is 27.3 Å². The molecule has 7 nitrogen and oxygen atoms in total. The van der Waals surface area contributed by atoms with Crippen molar-refractivity contribution >= 4 is 35.8 Å². The number of nitrogens with zero attached hydrogens (tertiary/aromatic N) is 3. The van der Waals surface area contributed by atoms with Gasteiger partial charge in [0.15, 0.2) is 17.5 Å². The maximum absolute atomic E-state index is 12.3. The monoisotopic (exact) mass is 492 g/mol. The van der Waals surface area contributed by atoms with Crippen LogP contribution in [0, 0.1) is 0 Å². The summed E-state index contributed by atoms with van der Waals surface area (Å²) < 4.78 is 10.6. The molecule has 0 unspecified atom stereocenters. The van der Waals surface area contributed by atoms with Crippen LogP contribution in [0.1, 0.15) is 26.3 Å². The molecule has 0 fully saturated rings. The number of hydrogen-bond donors (Lipinski definition) is 1. The van der Waals surface area contributed by atoms with Crippen LogP contribution in [0.4, 0.5) is 0 Å². The van der Waals surface area contributed by atoms with Crippen molar-refractivity contribution in [1.82, 2.24) is 15.1 Å². The third-order valence-corrected chi connectivity index (χ3v) is 4.04. The first-order chi connectivity index (χ1) is 12.5. The quantitative estimate of drug-likeness (QED) is 0.326. The minimum Gasteiger partial charge on any atom is -0.493 e. The zero-order valence-electron chi connectivity index (χ0n) is 17.2. The molecular formula is C19H33IN4O3. The molecule has 0 aromatic heterocycles. The second-order valence-electron chi connectivity index (χ2n) is 5.78. The molecular weight excluding hydrogens is 459 g/mol. The smallest absolute Gasteiger partial charge is 0.242 e. The van der Waals surface area contributed by atoms with Crippen LogP contribution in [0.15, 0.2) is 23.2 Å². The van der Waals surface area contributed by atoms with Gasteiger partial charge in [-0.2, -0.15) is 0 Å². The second kappa shape index (κ2) is 13.5. The molecule has 0 aliphatic rings. The number of hydrogen-bond acceptors (Lipinski definition) is 4. The molecule has 0 atom stereocenters. The van der Waals surface area contributed by atoms with Crippen LogP contribution in [0.5, 0.6) is 11.5 Å². The molecule has 0 aliphatic carbocycles. The van der Waals surface area contributed by atoms with Gasteiger partial charge in [0, 0.05) is 26.7 Å². The second-order valence-corrected chi connectivity index (χ2v) is 5.78. The Balaban J connectivity index is 0.00000676. The average molecular weight is 492 g/mol. The number of methoxy groups -OCH3 is 2. The summed E-state index contributed by atoms with van der Waals surface area (Å²) in [7, 11) is 5.10. The molecule has 0 saturated carbocycles. The van der Waals surface area contributed by atoms with Gasteiger partial charge in [-0.25, -0.2) is 4.99 Å². The number of carbonyl (C=O) groups is 1. The van der Waals surface area contributed by atoms with Gasteiger partial charge in [0.25, 0.3) is 0 Å². The number of guanidine groups is 1. The molecule has 0 bridgehead atoms. The van der Waals surface area contributed by atoms with Crippen molar-refractivity contribution < 1.29 is 14.3 Å². The fourth-order valence-electron chi connectivity index (χ4n) is 2.57. The van der Waals surface area contributed by atoms with Crippen LogP contribution < -0.4 is 14.8 Å². The molecule has 1 aromatic rings. The number of ether oxygens (including phenoxy) is 2. The molecule has 27 heavy (non-hydrogen) atoms. The molecule has 1 aromatic carbocycles. The number of carbonyl (C=O) groups excluding carboxylic acids is 1. The van der Waals surface area contributed by atoms with E-state index >= 15 is 0 Å². The molecule has 0 heterocycles. The lowest BCUT2D eigenvalue weighted by Gasteiger charge is -2.25. The fraction of sp³-hybridized carbons (Fsp3) is 0.579. The Kier molecular flexibility index (Phi) is 12.6. The van der Waals surface area contributed by atoms with Crippen molar-refractivity contribution in [1.29, 1.82) is 0 Å². The van der Waals surface area contributed by atoms with E-state index in [0.29, 0.717) is 43.6 Å². The van der Waals surface area contributed by atoms with Gasteiger partial charge >= 0.3 is 0 Å². The minimum absolute atomic E-state index is 0. The maximum atomic E-state index is 12.3. The predicted octanol–water partition coefficient (Wildman–Crippen LogP) is 2.59. The van der Waals surface area contributed by atoms with Crippen LogP contribution in [0.3, 0.4) is 0 Å². The van der Waals surface area contributed by atoms with E-state index < -0.39 is 0 Å². The van der Waals surface area contributed by atoms with Gasteiger partial charge in [0.1, 0.15) is 0 Å². The molecule has 0 saturated heterocycles. The Morgan fingerprint density at radius 3 is 2.26 bits per heavy atom. The summed E-state index contributed by atoms with van der Waals surface area (Å²) >= 11 is 0. The molecule has 154 valence electrons. The Morgan fingerprint density at radius 1 is 1.11 bits per heavy atom. The summed E-state index contributed by atoms with van der Waals surface area (Å²) in [5, 5.41) is 3.23. The third kappa shape index (κ3) is 7.82. The van der Waals surface area contributed by atoms with E-state index in [0.717, 1.165) is 12.1 Å². The van der Waals surface area contributed by atoms with Crippen LogP contribution in [-0.4, -0.2) is 69.1 Å². The van der Waals surface area contributed by atoms with E-state index in [1.54, 1.807) is 14.2 Å². The Bertz CT molecular complexity index is 607. The van der Waals surface area contributed by atoms with E-state index in [1.165, 1.54) is 0 Å². The Hall–Kier alpha value is -1.71. The van der Waals surface area contributed by atoms with Crippen molar-refractivity contribution in [3.63, 3.8) is 0 Å². The summed E-state index contributed by atoms with van der Waals surface area (Å²) in [6.07, 6.45) is 0. The number of amides is 1. The van der Waals surface area contributed by atoms with Gasteiger partial charge < -0.3 is 24.6 Å². The van der Waals surface area contributed by atoms with Gasteiger partial charge in [-0.05, 0) is 38.5 Å². The molecule has 1 N–H and O–H groups in total. The molecule has 8 heteroatoms. The third-order valence-electron chi connectivity index (χ3n) is 4.04. The van der Waals surface area contributed by atoms with Crippen LogP contribution in [0.25, 0.3) is 0 Å². The van der Waals surface area contributed by atoms with Crippen LogP contribution in [-0.2, 0) is 11.3 Å². The molecule has 0 spiro atoms. The lowest BCUT2D eigenvalue weighted by atomic mass is 10.2. The maximum Gasteiger partial charge on any atom is 0.242 e. The van der Waals surface area contributed by atoms with E-state index in [4.69, 9.17) is 9.47 Å². The number of aliphatic imine (C=N–C) groups is 1. The molecule has 1 rings (SSSR count). The zero-order valence-corrected chi connectivity index (χ0v) is 19.6. The van der Waals surface area contributed by atoms with E-state index in [2.05, 4.69) is 10.3 Å². The van der Waals surface area contributed by atoms with E-state index in [-0.39, 0.29) is 29.9 Å². The number of halogens is 1. The van der Waals surface area contributed by atoms with Gasteiger partial charge in [-0.1, -0.05) is 6.07 Å². The van der Waals surface area contributed by atoms with Crippen molar-refractivity contribution in [2.24, 2.45) is 4.99 Å². The van der Waals surface area contributed by atoms with Gasteiger partial charge in [-0.15, -0.1) is 24.0 Å². The summed E-state index contributed by atoms with van der Waals surface area (Å²) in [6.45, 7) is 8.90. The first-order valence-corrected chi connectivity index (χ1v) is 8.98. The summed E-state index contributed by atoms with van der Waals surface area (Å²) in [6, 6.07) is 5.73.